The molecule has 2 rings (SSSR count). The molecule has 0 bridgehead atoms. The maximum atomic E-state index is 13.2. The van der Waals surface area contributed by atoms with Gasteiger partial charge in [0.25, 0.3) is 5.91 Å². The molecule has 2 aromatic rings. The molecule has 0 fully saturated rings. The third-order valence-electron chi connectivity index (χ3n) is 2.89. The third-order valence-corrected chi connectivity index (χ3v) is 3.20. The predicted molar refractivity (Wildman–Crippen MR) is 75.5 cm³/mol. The first-order valence-electron chi connectivity index (χ1n) is 6.07. The van der Waals surface area contributed by atoms with E-state index in [1.165, 1.54) is 7.11 Å². The van der Waals surface area contributed by atoms with E-state index in [9.17, 15) is 13.6 Å². The average molecular weight is 312 g/mol. The first kappa shape index (κ1) is 15.3. The molecule has 0 saturated heterocycles. The van der Waals surface area contributed by atoms with Crippen molar-refractivity contribution in [2.75, 3.05) is 7.11 Å². The normalized spacial score (nSPS) is 10.3. The van der Waals surface area contributed by atoms with Crippen LogP contribution in [-0.4, -0.2) is 13.0 Å². The summed E-state index contributed by atoms with van der Waals surface area (Å²) in [5.41, 5.74) is 0.637. The molecule has 0 aliphatic rings. The van der Waals surface area contributed by atoms with Crippen LogP contribution in [0.15, 0.2) is 36.4 Å². The minimum Gasteiger partial charge on any atom is -0.496 e. The smallest absolute Gasteiger partial charge is 0.253 e. The summed E-state index contributed by atoms with van der Waals surface area (Å²) in [6.45, 7) is 0.179. The number of hydrogen-bond acceptors (Lipinski definition) is 2. The highest BCUT2D eigenvalue weighted by molar-refractivity contribution is 6.33. The largest absolute Gasteiger partial charge is 0.496 e. The minimum absolute atomic E-state index is 0.120. The molecule has 0 unspecified atom stereocenters. The number of carbonyl (C=O) groups excluding carboxylic acids is 1. The first-order chi connectivity index (χ1) is 10.0. The van der Waals surface area contributed by atoms with Crippen molar-refractivity contribution in [3.8, 4) is 5.75 Å². The molecule has 0 heterocycles. The van der Waals surface area contributed by atoms with Crippen LogP contribution in [0.4, 0.5) is 8.78 Å². The van der Waals surface area contributed by atoms with Gasteiger partial charge in [0.15, 0.2) is 11.6 Å². The zero-order valence-corrected chi connectivity index (χ0v) is 11.9. The molecular formula is C15H12ClF2NO2. The highest BCUT2D eigenvalue weighted by Crippen LogP contribution is 2.21. The van der Waals surface area contributed by atoms with Gasteiger partial charge < -0.3 is 10.1 Å². The van der Waals surface area contributed by atoms with Crippen molar-refractivity contribution in [3.05, 3.63) is 64.2 Å². The summed E-state index contributed by atoms with van der Waals surface area (Å²) in [6.07, 6.45) is 0. The lowest BCUT2D eigenvalue weighted by molar-refractivity contribution is 0.0950. The van der Waals surface area contributed by atoms with E-state index in [0.717, 1.165) is 17.7 Å². The Kier molecular flexibility index (Phi) is 4.75. The molecule has 0 saturated carbocycles. The summed E-state index contributed by atoms with van der Waals surface area (Å²) in [7, 11) is 1.52. The fraction of sp³-hybridized carbons (Fsp3) is 0.133. The Morgan fingerprint density at radius 1 is 1.24 bits per heavy atom. The van der Waals surface area contributed by atoms with Crippen LogP contribution >= 0.6 is 11.6 Å². The van der Waals surface area contributed by atoms with Crippen molar-refractivity contribution in [2.45, 2.75) is 6.54 Å². The third kappa shape index (κ3) is 3.49. The van der Waals surface area contributed by atoms with E-state index >= 15 is 0 Å². The Labute approximate surface area is 125 Å². The highest BCUT2D eigenvalue weighted by Gasteiger charge is 2.15. The van der Waals surface area contributed by atoms with Gasteiger partial charge >= 0.3 is 0 Å². The van der Waals surface area contributed by atoms with Crippen LogP contribution in [0.3, 0.4) is 0 Å². The van der Waals surface area contributed by atoms with Gasteiger partial charge in [-0.3, -0.25) is 4.79 Å². The second-order valence-corrected chi connectivity index (χ2v) is 4.65. The van der Waals surface area contributed by atoms with Gasteiger partial charge in [-0.2, -0.15) is 0 Å². The minimum atomic E-state index is -1.12. The number of carbonyl (C=O) groups is 1. The lowest BCUT2D eigenvalue weighted by atomic mass is 10.1. The molecule has 1 N–H and O–H groups in total. The quantitative estimate of drug-likeness (QED) is 0.877. The monoisotopic (exact) mass is 311 g/mol. The van der Waals surface area contributed by atoms with Gasteiger partial charge in [-0.25, -0.2) is 8.78 Å². The van der Waals surface area contributed by atoms with Crippen molar-refractivity contribution in [1.29, 1.82) is 0 Å². The molecule has 3 nitrogen and oxygen atoms in total. The second kappa shape index (κ2) is 6.54. The molecule has 0 aromatic heterocycles. The fourth-order valence-electron chi connectivity index (χ4n) is 1.82. The lowest BCUT2D eigenvalue weighted by Gasteiger charge is -2.10. The number of amides is 1. The Morgan fingerprint density at radius 2 is 1.90 bits per heavy atom. The molecule has 0 spiro atoms. The number of ether oxygens (including phenoxy) is 1. The van der Waals surface area contributed by atoms with Crippen molar-refractivity contribution in [1.82, 2.24) is 5.32 Å². The molecule has 0 aliphatic heterocycles. The number of methoxy groups -OCH3 is 1. The molecule has 0 radical (unpaired) electrons. The second-order valence-electron chi connectivity index (χ2n) is 4.24. The average Bonchev–Trinajstić information content (AvgIpc) is 2.48. The first-order valence-corrected chi connectivity index (χ1v) is 6.45. The summed E-state index contributed by atoms with van der Waals surface area (Å²) in [5, 5.41) is 2.44. The summed E-state index contributed by atoms with van der Waals surface area (Å²) < 4.78 is 31.3. The van der Waals surface area contributed by atoms with Gasteiger partial charge in [0.2, 0.25) is 0 Å². The molecule has 1 amide bonds. The highest BCUT2D eigenvalue weighted by atomic mass is 35.5. The molecule has 6 heteroatoms. The number of para-hydroxylation sites is 1. The van der Waals surface area contributed by atoms with E-state index in [0.29, 0.717) is 5.75 Å². The Morgan fingerprint density at radius 3 is 2.62 bits per heavy atom. The van der Waals surface area contributed by atoms with Gasteiger partial charge in [-0.1, -0.05) is 29.8 Å². The van der Waals surface area contributed by atoms with Gasteiger partial charge in [-0.15, -0.1) is 0 Å². The van der Waals surface area contributed by atoms with Crippen molar-refractivity contribution in [2.24, 2.45) is 0 Å². The molecule has 0 atom stereocenters. The van der Waals surface area contributed by atoms with Gasteiger partial charge in [0.1, 0.15) is 5.75 Å². The molecule has 0 aliphatic carbocycles. The number of halogens is 3. The number of hydrogen-bond donors (Lipinski definition) is 1. The van der Waals surface area contributed by atoms with E-state index in [1.54, 1.807) is 24.3 Å². The van der Waals surface area contributed by atoms with Crippen LogP contribution in [0.5, 0.6) is 5.75 Å². The van der Waals surface area contributed by atoms with Crippen molar-refractivity contribution in [3.63, 3.8) is 0 Å². The van der Waals surface area contributed by atoms with Crippen molar-refractivity contribution >= 4 is 17.5 Å². The van der Waals surface area contributed by atoms with Gasteiger partial charge in [-0.05, 0) is 18.2 Å². The summed E-state index contributed by atoms with van der Waals surface area (Å²) in [4.78, 5) is 12.0. The number of nitrogens with one attached hydrogen (secondary N) is 1. The van der Waals surface area contributed by atoms with E-state index < -0.39 is 17.5 Å². The van der Waals surface area contributed by atoms with Crippen LogP contribution in [0, 0.1) is 11.6 Å². The maximum Gasteiger partial charge on any atom is 0.253 e. The van der Waals surface area contributed by atoms with Gasteiger partial charge in [0.05, 0.1) is 17.7 Å². The van der Waals surface area contributed by atoms with E-state index in [-0.39, 0.29) is 17.1 Å². The molecule has 21 heavy (non-hydrogen) atoms. The Bertz CT molecular complexity index is 677. The van der Waals surface area contributed by atoms with Crippen LogP contribution in [0.25, 0.3) is 0 Å². The van der Waals surface area contributed by atoms with E-state index in [4.69, 9.17) is 16.3 Å². The van der Waals surface area contributed by atoms with E-state index in [1.807, 2.05) is 0 Å². The number of rotatable bonds is 4. The van der Waals surface area contributed by atoms with Crippen LogP contribution in [0.1, 0.15) is 15.9 Å². The maximum absolute atomic E-state index is 13.2. The summed E-state index contributed by atoms with van der Waals surface area (Å²) in [6, 6.07) is 8.69. The van der Waals surface area contributed by atoms with E-state index in [2.05, 4.69) is 5.32 Å². The number of benzene rings is 2. The Balaban J connectivity index is 2.14. The fourth-order valence-corrected chi connectivity index (χ4v) is 2.05. The van der Waals surface area contributed by atoms with Crippen molar-refractivity contribution < 1.29 is 18.3 Å². The topological polar surface area (TPSA) is 38.3 Å². The standard InChI is InChI=1S/C15H12ClF2NO2/c1-21-14-5-3-2-4-9(14)8-19-15(20)10-6-12(17)13(18)7-11(10)16/h2-7H,8H2,1H3,(H,19,20). The Hall–Kier alpha value is -2.14. The lowest BCUT2D eigenvalue weighted by Crippen LogP contribution is -2.23. The molecule has 2 aromatic carbocycles. The zero-order valence-electron chi connectivity index (χ0n) is 11.1. The summed E-state index contributed by atoms with van der Waals surface area (Å²) >= 11 is 5.74. The zero-order chi connectivity index (χ0) is 15.4. The van der Waals surface area contributed by atoms with Crippen LogP contribution in [0.2, 0.25) is 5.02 Å². The van der Waals surface area contributed by atoms with Crippen LogP contribution < -0.4 is 10.1 Å². The van der Waals surface area contributed by atoms with Gasteiger partial charge in [0, 0.05) is 12.1 Å². The predicted octanol–water partition coefficient (Wildman–Crippen LogP) is 3.56. The summed E-state index contributed by atoms with van der Waals surface area (Å²) in [5.74, 6) is -2.19. The van der Waals surface area contributed by atoms with Crippen LogP contribution in [-0.2, 0) is 6.54 Å². The molecular weight excluding hydrogens is 300 g/mol. The SMILES string of the molecule is COc1ccccc1CNC(=O)c1cc(F)c(F)cc1Cl. The molecule has 110 valence electrons.